The minimum absolute atomic E-state index is 0.0822. The van der Waals surface area contributed by atoms with Crippen LogP contribution in [0.5, 0.6) is 0 Å². The van der Waals surface area contributed by atoms with E-state index in [2.05, 4.69) is 5.32 Å². The lowest BCUT2D eigenvalue weighted by Gasteiger charge is -2.06. The van der Waals surface area contributed by atoms with Crippen LogP contribution in [0.2, 0.25) is 5.02 Å². The van der Waals surface area contributed by atoms with Gasteiger partial charge in [0, 0.05) is 10.6 Å². The number of sulfone groups is 1. The third kappa shape index (κ3) is 5.95. The maximum atomic E-state index is 12.2. The molecule has 1 N–H and O–H groups in total. The largest absolute Gasteiger partial charge is 0.459 e. The number of carbonyl (C=O) groups excluding carboxylic acids is 1. The summed E-state index contributed by atoms with van der Waals surface area (Å²) in [4.78, 5) is 12.0. The number of furan rings is 1. The van der Waals surface area contributed by atoms with Crippen molar-refractivity contribution < 1.29 is 17.6 Å². The Morgan fingerprint density at radius 2 is 1.72 bits per heavy atom. The molecule has 3 aromatic rings. The van der Waals surface area contributed by atoms with Crippen molar-refractivity contribution in [2.24, 2.45) is 0 Å². The van der Waals surface area contributed by atoms with Crippen LogP contribution in [0.25, 0.3) is 11.3 Å². The Morgan fingerprint density at radius 1 is 1.03 bits per heavy atom. The fourth-order valence-corrected chi connectivity index (χ4v) is 4.09. The molecule has 3 rings (SSSR count). The summed E-state index contributed by atoms with van der Waals surface area (Å²) in [6, 6.07) is 18.8. The average Bonchev–Trinajstić information content (AvgIpc) is 3.16. The standard InChI is InChI=1S/C21H17ClN2O4S/c22-18-7-5-17(6-8-18)20-10-9-19(28-20)12-24-21(25)14-29(26,27)13-16-3-1-15(11-23)2-4-16/h1-10H,12-14H2,(H,24,25). The van der Waals surface area contributed by atoms with Crippen molar-refractivity contribution in [1.82, 2.24) is 5.32 Å². The second-order valence-electron chi connectivity index (χ2n) is 6.39. The number of nitrogens with one attached hydrogen (secondary N) is 1. The van der Waals surface area contributed by atoms with Gasteiger partial charge in [-0.1, -0.05) is 23.7 Å². The van der Waals surface area contributed by atoms with E-state index in [0.717, 1.165) is 5.56 Å². The number of nitrogens with zero attached hydrogens (tertiary/aromatic N) is 1. The van der Waals surface area contributed by atoms with Gasteiger partial charge in [0.2, 0.25) is 5.91 Å². The molecule has 0 saturated carbocycles. The molecule has 0 radical (unpaired) electrons. The van der Waals surface area contributed by atoms with Gasteiger partial charge in [0.1, 0.15) is 17.3 Å². The van der Waals surface area contributed by atoms with Crippen LogP contribution in [0.15, 0.2) is 65.1 Å². The van der Waals surface area contributed by atoms with Gasteiger partial charge in [-0.15, -0.1) is 0 Å². The van der Waals surface area contributed by atoms with Gasteiger partial charge in [-0.05, 0) is 54.1 Å². The van der Waals surface area contributed by atoms with E-state index >= 15 is 0 Å². The van der Waals surface area contributed by atoms with E-state index in [4.69, 9.17) is 21.3 Å². The third-order valence-corrected chi connectivity index (χ3v) is 5.80. The van der Waals surface area contributed by atoms with Crippen LogP contribution in [0, 0.1) is 11.3 Å². The van der Waals surface area contributed by atoms with Crippen LogP contribution in [-0.4, -0.2) is 20.1 Å². The van der Waals surface area contributed by atoms with Crippen LogP contribution in [0.4, 0.5) is 0 Å². The van der Waals surface area contributed by atoms with Crippen molar-refractivity contribution in [3.63, 3.8) is 0 Å². The average molecular weight is 429 g/mol. The van der Waals surface area contributed by atoms with Crippen LogP contribution >= 0.6 is 11.6 Å². The Hall–Kier alpha value is -3.08. The van der Waals surface area contributed by atoms with Crippen LogP contribution in [0.3, 0.4) is 0 Å². The summed E-state index contributed by atoms with van der Waals surface area (Å²) in [6.45, 7) is 0.0822. The summed E-state index contributed by atoms with van der Waals surface area (Å²) in [6.07, 6.45) is 0. The molecular formula is C21H17ClN2O4S. The number of nitriles is 1. The zero-order valence-electron chi connectivity index (χ0n) is 15.3. The Labute approximate surface area is 173 Å². The maximum Gasteiger partial charge on any atom is 0.235 e. The summed E-state index contributed by atoms with van der Waals surface area (Å²) < 4.78 is 30.1. The molecule has 6 nitrogen and oxygen atoms in total. The van der Waals surface area contributed by atoms with Crippen molar-refractivity contribution in [2.45, 2.75) is 12.3 Å². The van der Waals surface area contributed by atoms with Gasteiger partial charge < -0.3 is 9.73 Å². The molecule has 0 atom stereocenters. The summed E-state index contributed by atoms with van der Waals surface area (Å²) >= 11 is 5.87. The summed E-state index contributed by atoms with van der Waals surface area (Å²) in [5, 5.41) is 12.0. The molecule has 0 bridgehead atoms. The second kappa shape index (κ2) is 8.95. The van der Waals surface area contributed by atoms with Gasteiger partial charge in [0.25, 0.3) is 0 Å². The monoisotopic (exact) mass is 428 g/mol. The molecule has 0 aliphatic carbocycles. The quantitative estimate of drug-likeness (QED) is 0.618. The fraction of sp³-hybridized carbons (Fsp3) is 0.143. The first-order valence-corrected chi connectivity index (χ1v) is 10.9. The van der Waals surface area contributed by atoms with Crippen molar-refractivity contribution in [3.05, 3.63) is 82.6 Å². The zero-order chi connectivity index (χ0) is 20.9. The Kier molecular flexibility index (Phi) is 6.37. The highest BCUT2D eigenvalue weighted by molar-refractivity contribution is 7.91. The van der Waals surface area contributed by atoms with Crippen LogP contribution < -0.4 is 5.32 Å². The van der Waals surface area contributed by atoms with Crippen molar-refractivity contribution >= 4 is 27.3 Å². The predicted molar refractivity (Wildman–Crippen MR) is 110 cm³/mol. The maximum absolute atomic E-state index is 12.2. The first kappa shape index (κ1) is 20.6. The molecule has 0 spiro atoms. The number of hydrogen-bond acceptors (Lipinski definition) is 5. The molecule has 0 aliphatic heterocycles. The van der Waals surface area contributed by atoms with Crippen molar-refractivity contribution in [3.8, 4) is 17.4 Å². The summed E-state index contributed by atoms with van der Waals surface area (Å²) in [5.41, 5.74) is 1.81. The van der Waals surface area contributed by atoms with E-state index in [1.807, 2.05) is 18.2 Å². The molecular weight excluding hydrogens is 412 g/mol. The highest BCUT2D eigenvalue weighted by Crippen LogP contribution is 2.23. The Bertz CT molecular complexity index is 1140. The van der Waals surface area contributed by atoms with Crippen molar-refractivity contribution in [2.75, 3.05) is 5.75 Å². The number of carbonyl (C=O) groups is 1. The topological polar surface area (TPSA) is 100 Å². The lowest BCUT2D eigenvalue weighted by Crippen LogP contribution is -2.30. The van der Waals surface area contributed by atoms with Crippen LogP contribution in [-0.2, 0) is 26.9 Å². The number of hydrogen-bond donors (Lipinski definition) is 1. The first-order chi connectivity index (χ1) is 13.8. The van der Waals surface area contributed by atoms with Crippen LogP contribution in [0.1, 0.15) is 16.9 Å². The highest BCUT2D eigenvalue weighted by Gasteiger charge is 2.18. The minimum Gasteiger partial charge on any atom is -0.459 e. The molecule has 0 aliphatic rings. The molecule has 2 aromatic carbocycles. The molecule has 8 heteroatoms. The van der Waals surface area contributed by atoms with Gasteiger partial charge in [0.05, 0.1) is 23.9 Å². The minimum atomic E-state index is -3.64. The fourth-order valence-electron chi connectivity index (χ4n) is 2.66. The van der Waals surface area contributed by atoms with E-state index < -0.39 is 21.5 Å². The zero-order valence-corrected chi connectivity index (χ0v) is 16.8. The Balaban J connectivity index is 1.54. The normalized spacial score (nSPS) is 11.0. The van der Waals surface area contributed by atoms with Gasteiger partial charge >= 0.3 is 0 Å². The van der Waals surface area contributed by atoms with E-state index in [1.165, 1.54) is 0 Å². The van der Waals surface area contributed by atoms with Gasteiger partial charge in [-0.3, -0.25) is 4.79 Å². The highest BCUT2D eigenvalue weighted by atomic mass is 35.5. The number of benzene rings is 2. The van der Waals surface area contributed by atoms with Crippen molar-refractivity contribution in [1.29, 1.82) is 5.26 Å². The smallest absolute Gasteiger partial charge is 0.235 e. The molecule has 148 valence electrons. The van der Waals surface area contributed by atoms with E-state index in [1.54, 1.807) is 48.5 Å². The predicted octanol–water partition coefficient (Wildman–Crippen LogP) is 3.70. The van der Waals surface area contributed by atoms with Gasteiger partial charge in [-0.25, -0.2) is 8.42 Å². The molecule has 1 heterocycles. The SMILES string of the molecule is N#Cc1ccc(CS(=O)(=O)CC(=O)NCc2ccc(-c3ccc(Cl)cc3)o2)cc1. The Morgan fingerprint density at radius 3 is 2.38 bits per heavy atom. The van der Waals surface area contributed by atoms with E-state index in [-0.39, 0.29) is 12.3 Å². The molecule has 1 amide bonds. The molecule has 29 heavy (non-hydrogen) atoms. The second-order valence-corrected chi connectivity index (χ2v) is 8.89. The first-order valence-electron chi connectivity index (χ1n) is 8.65. The molecule has 1 aromatic heterocycles. The van der Waals surface area contributed by atoms with Gasteiger partial charge in [-0.2, -0.15) is 5.26 Å². The molecule has 0 saturated heterocycles. The third-order valence-electron chi connectivity index (χ3n) is 4.07. The van der Waals surface area contributed by atoms with E-state index in [9.17, 15) is 13.2 Å². The molecule has 0 fully saturated rings. The lowest BCUT2D eigenvalue weighted by atomic mass is 10.2. The van der Waals surface area contributed by atoms with E-state index in [0.29, 0.717) is 27.7 Å². The lowest BCUT2D eigenvalue weighted by molar-refractivity contribution is -0.118. The van der Waals surface area contributed by atoms with Gasteiger partial charge in [0.15, 0.2) is 9.84 Å². The number of rotatable bonds is 7. The number of halogens is 1. The summed E-state index contributed by atoms with van der Waals surface area (Å²) in [7, 11) is -3.64. The summed E-state index contributed by atoms with van der Waals surface area (Å²) in [5.74, 6) is -0.374. The number of amides is 1. The molecule has 0 unspecified atom stereocenters.